The molecule has 0 aliphatic carbocycles. The van der Waals surface area contributed by atoms with Gasteiger partial charge >= 0.3 is 0 Å². The maximum atomic E-state index is 12.8. The van der Waals surface area contributed by atoms with Crippen LogP contribution in [-0.2, 0) is 4.84 Å². The molecule has 2 atom stereocenters. The van der Waals surface area contributed by atoms with Crippen molar-refractivity contribution >= 4 is 17.3 Å². The Labute approximate surface area is 328 Å². The van der Waals surface area contributed by atoms with Crippen molar-refractivity contribution in [2.75, 3.05) is 61.2 Å². The lowest BCUT2D eigenvalue weighted by Crippen LogP contribution is -2.38. The van der Waals surface area contributed by atoms with Crippen molar-refractivity contribution in [3.8, 4) is 46.0 Å². The summed E-state index contributed by atoms with van der Waals surface area (Å²) in [6.45, 7) is 1.17. The Morgan fingerprint density at radius 1 is 0.607 bits per heavy atom. The van der Waals surface area contributed by atoms with E-state index in [1.54, 1.807) is 48.7 Å². The Morgan fingerprint density at radius 3 is 1.89 bits per heavy atom. The lowest BCUT2D eigenvalue weighted by Gasteiger charge is -2.28. The number of hydrogen-bond donors (Lipinski definition) is 2. The largest absolute Gasteiger partial charge is 0.497 e. The summed E-state index contributed by atoms with van der Waals surface area (Å²) in [5.74, 6) is 4.75. The number of unbranched alkanes of at least 4 members (excludes halogenated alkanes) is 5. The number of amides is 1. The number of oxime groups is 1. The van der Waals surface area contributed by atoms with Gasteiger partial charge in [0.1, 0.15) is 11.9 Å². The fourth-order valence-electron chi connectivity index (χ4n) is 6.77. The quantitative estimate of drug-likeness (QED) is 0.0841. The number of ether oxygens (including phenoxy) is 8. The van der Waals surface area contributed by atoms with Crippen LogP contribution in [0.5, 0.6) is 46.0 Å². The van der Waals surface area contributed by atoms with Crippen molar-refractivity contribution in [1.82, 2.24) is 5.32 Å². The van der Waals surface area contributed by atoms with Gasteiger partial charge < -0.3 is 53.4 Å². The zero-order valence-electron chi connectivity index (χ0n) is 32.9. The van der Waals surface area contributed by atoms with E-state index in [1.165, 1.54) is 0 Å². The van der Waals surface area contributed by atoms with E-state index in [0.29, 0.717) is 71.2 Å². The van der Waals surface area contributed by atoms with Crippen molar-refractivity contribution in [2.24, 2.45) is 5.16 Å². The fourth-order valence-corrected chi connectivity index (χ4v) is 6.77. The number of hydrogen-bond acceptors (Lipinski definition) is 12. The third kappa shape index (κ3) is 9.27. The van der Waals surface area contributed by atoms with E-state index >= 15 is 0 Å². The monoisotopic (exact) mass is 769 g/mol. The summed E-state index contributed by atoms with van der Waals surface area (Å²) in [4.78, 5) is 18.7. The summed E-state index contributed by atoms with van der Waals surface area (Å²) in [6.07, 6.45) is 6.08. The van der Waals surface area contributed by atoms with Crippen LogP contribution in [0.4, 0.5) is 5.69 Å². The zero-order chi connectivity index (χ0) is 39.4. The molecule has 13 heteroatoms. The molecule has 0 bridgehead atoms. The average Bonchev–Trinajstić information content (AvgIpc) is 3.74. The van der Waals surface area contributed by atoms with Crippen LogP contribution >= 0.6 is 0 Å². The first-order valence-electron chi connectivity index (χ1n) is 18.8. The summed E-state index contributed by atoms with van der Waals surface area (Å²) >= 11 is 0. The van der Waals surface area contributed by atoms with Gasteiger partial charge in [-0.15, -0.1) is 0 Å². The SMILES string of the molecule is COc1ccc2c(c1)C(=O)NC(c1ccc(OCCCCCCCCOc3cc(C4CC(c5cc(OC)c(OC)c(OC)c5)=NO4)ccc3OC)c(OC)c1)N2. The van der Waals surface area contributed by atoms with Crippen LogP contribution in [0.25, 0.3) is 0 Å². The Morgan fingerprint density at radius 2 is 1.23 bits per heavy atom. The van der Waals surface area contributed by atoms with E-state index in [2.05, 4.69) is 15.8 Å². The number of fused-ring (bicyclic) bond motifs is 1. The summed E-state index contributed by atoms with van der Waals surface area (Å²) in [7, 11) is 9.59. The molecule has 2 aliphatic heterocycles. The molecule has 0 saturated heterocycles. The minimum absolute atomic E-state index is 0.171. The van der Waals surface area contributed by atoms with Gasteiger partial charge in [-0.25, -0.2) is 0 Å². The lowest BCUT2D eigenvalue weighted by atomic mass is 9.99. The highest BCUT2D eigenvalue weighted by Gasteiger charge is 2.28. The molecule has 0 fully saturated rings. The van der Waals surface area contributed by atoms with Gasteiger partial charge in [0.2, 0.25) is 5.75 Å². The maximum absolute atomic E-state index is 12.8. The molecule has 0 saturated carbocycles. The number of anilines is 1. The predicted molar refractivity (Wildman–Crippen MR) is 213 cm³/mol. The first-order chi connectivity index (χ1) is 27.4. The second-order valence-electron chi connectivity index (χ2n) is 13.4. The average molecular weight is 770 g/mol. The Kier molecular flexibility index (Phi) is 13.5. The molecular weight excluding hydrogens is 718 g/mol. The number of nitrogens with one attached hydrogen (secondary N) is 2. The van der Waals surface area contributed by atoms with Crippen LogP contribution in [0.3, 0.4) is 0 Å². The predicted octanol–water partition coefficient (Wildman–Crippen LogP) is 8.26. The summed E-state index contributed by atoms with van der Waals surface area (Å²) in [5, 5.41) is 10.8. The molecule has 0 radical (unpaired) electrons. The topological polar surface area (TPSA) is 137 Å². The molecule has 13 nitrogen and oxygen atoms in total. The number of benzene rings is 4. The van der Waals surface area contributed by atoms with Crippen molar-refractivity contribution in [3.63, 3.8) is 0 Å². The molecule has 0 spiro atoms. The second kappa shape index (κ2) is 19.1. The van der Waals surface area contributed by atoms with E-state index in [-0.39, 0.29) is 12.0 Å². The minimum Gasteiger partial charge on any atom is -0.497 e. The van der Waals surface area contributed by atoms with Crippen LogP contribution < -0.4 is 48.5 Å². The standard InChI is InChI=1S/C43H51N3O10/c1-48-30-15-16-32-31(25-30)43(47)45-42(44-32)28-14-18-35(37(22-28)50-3)54-19-11-9-7-8-10-12-20-55-38-21-27(13-17-34(38)49-2)36-26-33(46-56-36)29-23-39(51-4)41(53-6)40(24-29)52-5/h13-18,21-25,36,42,44H,7-12,19-20,26H2,1-6H3,(H,45,47). The Bertz CT molecular complexity index is 1980. The highest BCUT2D eigenvalue weighted by molar-refractivity contribution is 6.03. The number of nitrogens with zero attached hydrogens (tertiary/aromatic N) is 1. The fraction of sp³-hybridized carbons (Fsp3) is 0.395. The van der Waals surface area contributed by atoms with Gasteiger partial charge in [0, 0.05) is 17.7 Å². The van der Waals surface area contributed by atoms with Gasteiger partial charge in [-0.2, -0.15) is 0 Å². The first-order valence-corrected chi connectivity index (χ1v) is 18.8. The second-order valence-corrected chi connectivity index (χ2v) is 13.4. The number of carbonyl (C=O) groups is 1. The van der Waals surface area contributed by atoms with Gasteiger partial charge in [-0.1, -0.05) is 43.0 Å². The lowest BCUT2D eigenvalue weighted by molar-refractivity contribution is 0.0854. The third-order valence-electron chi connectivity index (χ3n) is 9.85. The smallest absolute Gasteiger partial charge is 0.255 e. The molecule has 298 valence electrons. The minimum atomic E-state index is -0.401. The molecule has 0 aromatic heterocycles. The number of carbonyl (C=O) groups excluding carboxylic acids is 1. The highest BCUT2D eigenvalue weighted by Crippen LogP contribution is 2.41. The van der Waals surface area contributed by atoms with Crippen LogP contribution in [0.1, 0.15) is 84.3 Å². The van der Waals surface area contributed by atoms with Gasteiger partial charge in [-0.05, 0) is 78.6 Å². The molecule has 2 N–H and O–H groups in total. The molecule has 2 heterocycles. The summed E-state index contributed by atoms with van der Waals surface area (Å²) in [5.41, 5.74) is 4.72. The van der Waals surface area contributed by atoms with Crippen LogP contribution in [0, 0.1) is 0 Å². The van der Waals surface area contributed by atoms with Crippen molar-refractivity contribution in [3.05, 3.63) is 89.0 Å². The molecule has 1 amide bonds. The molecule has 4 aromatic carbocycles. The maximum Gasteiger partial charge on any atom is 0.255 e. The molecule has 4 aromatic rings. The van der Waals surface area contributed by atoms with E-state index < -0.39 is 6.17 Å². The number of methoxy groups -OCH3 is 6. The van der Waals surface area contributed by atoms with Crippen LogP contribution in [0.2, 0.25) is 0 Å². The Hall–Kier alpha value is -5.98. The van der Waals surface area contributed by atoms with Gasteiger partial charge in [-0.3, -0.25) is 4.79 Å². The van der Waals surface area contributed by atoms with Gasteiger partial charge in [0.25, 0.3) is 5.91 Å². The van der Waals surface area contributed by atoms with Crippen molar-refractivity contribution in [2.45, 2.75) is 57.2 Å². The van der Waals surface area contributed by atoms with E-state index in [9.17, 15) is 4.79 Å². The molecule has 56 heavy (non-hydrogen) atoms. The van der Waals surface area contributed by atoms with E-state index in [0.717, 1.165) is 66.6 Å². The van der Waals surface area contributed by atoms with E-state index in [1.807, 2.05) is 60.7 Å². The zero-order valence-corrected chi connectivity index (χ0v) is 32.9. The Balaban J connectivity index is 0.900. The highest BCUT2D eigenvalue weighted by atomic mass is 16.6. The summed E-state index contributed by atoms with van der Waals surface area (Å²) < 4.78 is 45.2. The molecule has 6 rings (SSSR count). The first kappa shape index (κ1) is 39.7. The van der Waals surface area contributed by atoms with Gasteiger partial charge in [0.15, 0.2) is 40.6 Å². The van der Waals surface area contributed by atoms with Crippen LogP contribution in [-0.4, -0.2) is 67.5 Å². The van der Waals surface area contributed by atoms with Crippen LogP contribution in [0.15, 0.2) is 71.9 Å². The molecule has 2 unspecified atom stereocenters. The van der Waals surface area contributed by atoms with E-state index in [4.69, 9.17) is 42.7 Å². The van der Waals surface area contributed by atoms with Crippen molar-refractivity contribution in [1.29, 1.82) is 0 Å². The summed E-state index contributed by atoms with van der Waals surface area (Å²) in [6, 6.07) is 20.7. The number of rotatable bonds is 20. The molecule has 2 aliphatic rings. The normalized spacial score (nSPS) is 15.7. The van der Waals surface area contributed by atoms with Gasteiger partial charge in [0.05, 0.1) is 67.1 Å². The molecular formula is C43H51N3O10. The van der Waals surface area contributed by atoms with Crippen molar-refractivity contribution < 1.29 is 47.5 Å². The third-order valence-corrected chi connectivity index (χ3v) is 9.85.